The molecule has 0 heterocycles. The van der Waals surface area contributed by atoms with Gasteiger partial charge in [0.15, 0.2) is 5.78 Å². The second-order valence-corrected chi connectivity index (χ2v) is 11.6. The van der Waals surface area contributed by atoms with Crippen molar-refractivity contribution in [1.29, 1.82) is 0 Å². The van der Waals surface area contributed by atoms with Crippen LogP contribution in [-0.2, 0) is 6.18 Å². The molecule has 0 aliphatic heterocycles. The van der Waals surface area contributed by atoms with Gasteiger partial charge in [-0.25, -0.2) is 0 Å². The number of hydrogen-bond donors (Lipinski definition) is 0. The zero-order valence-electron chi connectivity index (χ0n) is 9.22. The van der Waals surface area contributed by atoms with E-state index in [1.54, 1.807) is 0 Å². The van der Waals surface area contributed by atoms with Crippen LogP contribution in [0.3, 0.4) is 0 Å². The molecule has 0 unspecified atom stereocenters. The lowest BCUT2D eigenvalue weighted by Crippen LogP contribution is -2.06. The van der Waals surface area contributed by atoms with E-state index in [0.717, 1.165) is 12.1 Å². The quantitative estimate of drug-likeness (QED) is 0.591. The number of carbonyl (C=O) groups is 1. The molecule has 0 bridgehead atoms. The average Bonchev–Trinajstić information content (AvgIpc) is 2.14. The van der Waals surface area contributed by atoms with Gasteiger partial charge in [0, 0.05) is 10.9 Å². The fraction of sp³-hybridized carbons (Fsp3) is 0.273. The van der Waals surface area contributed by atoms with E-state index in [4.69, 9.17) is 0 Å². The van der Waals surface area contributed by atoms with Crippen molar-refractivity contribution in [2.75, 3.05) is 12.5 Å². The molecule has 17 heavy (non-hydrogen) atoms. The first-order chi connectivity index (χ1) is 7.59. The summed E-state index contributed by atoms with van der Waals surface area (Å²) in [6.07, 6.45) is -0.658. The summed E-state index contributed by atoms with van der Waals surface area (Å²) in [5.41, 5.74) is -0.488. The number of hydrogen-bond acceptors (Lipinski definition) is 1. The lowest BCUT2D eigenvalue weighted by Gasteiger charge is -2.08. The zero-order valence-corrected chi connectivity index (χ0v) is 11.6. The van der Waals surface area contributed by atoms with E-state index < -0.39 is 19.8 Å². The minimum atomic E-state index is -4.37. The molecule has 1 radical (unpaired) electrons. The third-order valence-electron chi connectivity index (χ3n) is 1.88. The smallest absolute Gasteiger partial charge is 0.289 e. The van der Waals surface area contributed by atoms with Gasteiger partial charge in [-0.1, -0.05) is 12.1 Å². The summed E-state index contributed by atoms with van der Waals surface area (Å²) in [5, 5.41) is 1.50. The number of Topliss-reactive ketones (excluding diaryl/α,β-unsaturated/α-hetero) is 1. The molecule has 0 amide bonds. The number of carbonyl (C=O) groups excluding carboxylic acids is 1. The van der Waals surface area contributed by atoms with Crippen LogP contribution in [0.5, 0.6) is 0 Å². The van der Waals surface area contributed by atoms with Crippen molar-refractivity contribution in [3.8, 4) is 0 Å². The summed E-state index contributed by atoms with van der Waals surface area (Å²) >= 11 is 3.35. The van der Waals surface area contributed by atoms with Gasteiger partial charge >= 0.3 is 6.18 Å². The Hall–Kier alpha value is -0.620. The standard InChI is InChI=1S/C11H11BrF3OS/c1-17(2,12)7-10(16)8-3-5-9(6-4-8)11(13,14)15/h3-7H,1-2H3. The highest BCUT2D eigenvalue weighted by atomic mass is 79.9. The van der Waals surface area contributed by atoms with Crippen LogP contribution >= 0.6 is 22.9 Å². The third kappa shape index (κ3) is 4.63. The summed E-state index contributed by atoms with van der Waals surface area (Å²) in [5.74, 6) is -0.268. The number of benzene rings is 1. The van der Waals surface area contributed by atoms with Gasteiger partial charge in [-0.3, -0.25) is 4.79 Å². The highest BCUT2D eigenvalue weighted by molar-refractivity contribution is 9.57. The minimum absolute atomic E-state index is 0.262. The maximum Gasteiger partial charge on any atom is 0.416 e. The topological polar surface area (TPSA) is 17.1 Å². The number of alkyl halides is 3. The van der Waals surface area contributed by atoms with Gasteiger partial charge in [0.05, 0.1) is 5.56 Å². The van der Waals surface area contributed by atoms with Crippen molar-refractivity contribution < 1.29 is 18.0 Å². The summed E-state index contributed by atoms with van der Waals surface area (Å²) in [6, 6.07) is 4.22. The van der Waals surface area contributed by atoms with Gasteiger partial charge < -0.3 is 0 Å². The Morgan fingerprint density at radius 3 is 2.06 bits per heavy atom. The fourth-order valence-electron chi connectivity index (χ4n) is 1.15. The van der Waals surface area contributed by atoms with Gasteiger partial charge in [-0.15, -0.1) is 0 Å². The number of ketones is 1. The molecule has 0 saturated heterocycles. The molecule has 0 atom stereocenters. The highest BCUT2D eigenvalue weighted by Crippen LogP contribution is 2.35. The molecule has 1 aromatic rings. The second-order valence-electron chi connectivity index (χ2n) is 3.83. The first-order valence-corrected chi connectivity index (χ1v) is 8.94. The molecule has 0 fully saturated rings. The van der Waals surface area contributed by atoms with E-state index >= 15 is 0 Å². The Balaban J connectivity index is 3.01. The van der Waals surface area contributed by atoms with E-state index in [0.29, 0.717) is 0 Å². The van der Waals surface area contributed by atoms with Crippen molar-refractivity contribution in [3.05, 3.63) is 35.4 Å². The van der Waals surface area contributed by atoms with Crippen LogP contribution in [0.4, 0.5) is 13.2 Å². The van der Waals surface area contributed by atoms with Crippen molar-refractivity contribution in [2.24, 2.45) is 0 Å². The zero-order chi connectivity index (χ0) is 13.3. The van der Waals surface area contributed by atoms with Gasteiger partial charge in [0.25, 0.3) is 0 Å². The van der Waals surface area contributed by atoms with E-state index in [2.05, 4.69) is 14.8 Å². The monoisotopic (exact) mass is 327 g/mol. The van der Waals surface area contributed by atoms with Crippen LogP contribution in [0.25, 0.3) is 0 Å². The molecule has 95 valence electrons. The van der Waals surface area contributed by atoms with Crippen molar-refractivity contribution >= 4 is 34.0 Å². The third-order valence-corrected chi connectivity index (χ3v) is 3.22. The Kier molecular flexibility index (Phi) is 4.19. The van der Waals surface area contributed by atoms with Gasteiger partial charge in [0.1, 0.15) is 0 Å². The van der Waals surface area contributed by atoms with Crippen LogP contribution in [0.1, 0.15) is 15.9 Å². The van der Waals surface area contributed by atoms with E-state index in [1.165, 1.54) is 17.5 Å². The van der Waals surface area contributed by atoms with Crippen molar-refractivity contribution in [3.63, 3.8) is 0 Å². The summed E-state index contributed by atoms with van der Waals surface area (Å²) in [6.45, 7) is 0. The molecular weight excluding hydrogens is 317 g/mol. The van der Waals surface area contributed by atoms with Crippen molar-refractivity contribution in [1.82, 2.24) is 0 Å². The molecule has 0 N–H and O–H groups in total. The van der Waals surface area contributed by atoms with Gasteiger partial charge in [0.2, 0.25) is 0 Å². The highest BCUT2D eigenvalue weighted by Gasteiger charge is 2.30. The Labute approximate surface area is 106 Å². The SMILES string of the molecule is C[S](C)(Br)=CC(=O)c1ccc(C(F)(F)F)cc1. The molecule has 1 aromatic carbocycles. The van der Waals surface area contributed by atoms with E-state index in [9.17, 15) is 18.0 Å². The lowest BCUT2D eigenvalue weighted by atomic mass is 10.1. The normalized spacial score (nSPS) is 12.4. The van der Waals surface area contributed by atoms with Gasteiger partial charge in [-0.05, 0) is 39.5 Å². The molecule has 1 nitrogen and oxygen atoms in total. The van der Waals surface area contributed by atoms with Crippen molar-refractivity contribution in [2.45, 2.75) is 6.18 Å². The summed E-state index contributed by atoms with van der Waals surface area (Å²) in [4.78, 5) is 11.7. The molecule has 0 aliphatic carbocycles. The molecule has 0 aromatic heterocycles. The Morgan fingerprint density at radius 2 is 1.71 bits per heavy atom. The minimum Gasteiger partial charge on any atom is -0.289 e. The van der Waals surface area contributed by atoms with Gasteiger partial charge in [-0.2, -0.15) is 21.2 Å². The molecule has 0 aliphatic rings. The summed E-state index contributed by atoms with van der Waals surface area (Å²) in [7, 11) is -1.29. The predicted octanol–water partition coefficient (Wildman–Crippen LogP) is 4.06. The first kappa shape index (κ1) is 14.4. The second kappa shape index (κ2) is 4.94. The Bertz CT molecular complexity index is 462. The molecular formula is C11H11BrF3OS. The molecule has 0 spiro atoms. The maximum absolute atomic E-state index is 12.3. The molecule has 1 rings (SSSR count). The van der Waals surface area contributed by atoms with Crippen LogP contribution in [0.15, 0.2) is 24.3 Å². The molecule has 0 saturated carbocycles. The van der Waals surface area contributed by atoms with E-state index in [-0.39, 0.29) is 11.3 Å². The van der Waals surface area contributed by atoms with Crippen LogP contribution in [0.2, 0.25) is 0 Å². The Morgan fingerprint density at radius 1 is 1.24 bits per heavy atom. The maximum atomic E-state index is 12.3. The number of rotatable bonds is 2. The van der Waals surface area contributed by atoms with Crippen LogP contribution in [-0.4, -0.2) is 23.7 Å². The van der Waals surface area contributed by atoms with Crippen LogP contribution < -0.4 is 0 Å². The number of halogens is 4. The van der Waals surface area contributed by atoms with Crippen LogP contribution in [0, 0.1) is 0 Å². The summed E-state index contributed by atoms with van der Waals surface area (Å²) < 4.78 is 36.9. The predicted molar refractivity (Wildman–Crippen MR) is 70.2 cm³/mol. The molecule has 6 heteroatoms. The van der Waals surface area contributed by atoms with E-state index in [1.807, 2.05) is 12.5 Å². The largest absolute Gasteiger partial charge is 0.416 e. The average molecular weight is 328 g/mol. The lowest BCUT2D eigenvalue weighted by molar-refractivity contribution is -0.137. The fourth-order valence-corrected chi connectivity index (χ4v) is 2.30. The first-order valence-electron chi connectivity index (χ1n) is 4.59.